The van der Waals surface area contributed by atoms with Crippen molar-refractivity contribution >= 4 is 23.5 Å². The number of carbonyl (C=O) groups is 3. The van der Waals surface area contributed by atoms with E-state index in [0.29, 0.717) is 5.69 Å². The molecule has 6 heteroatoms. The van der Waals surface area contributed by atoms with Crippen LogP contribution in [0.5, 0.6) is 5.75 Å². The second-order valence-corrected chi connectivity index (χ2v) is 4.08. The second-order valence-electron chi connectivity index (χ2n) is 4.08. The van der Waals surface area contributed by atoms with Crippen molar-refractivity contribution in [2.75, 3.05) is 4.90 Å². The van der Waals surface area contributed by atoms with E-state index in [1.165, 1.54) is 24.3 Å². The van der Waals surface area contributed by atoms with E-state index in [2.05, 4.69) is 0 Å². The third-order valence-electron chi connectivity index (χ3n) is 2.77. The maximum Gasteiger partial charge on any atom is 0.304 e. The molecular formula is C12H11NO5. The van der Waals surface area contributed by atoms with Gasteiger partial charge in [0.2, 0.25) is 11.8 Å². The zero-order valence-corrected chi connectivity index (χ0v) is 9.37. The molecule has 1 aromatic rings. The molecule has 1 aromatic carbocycles. The monoisotopic (exact) mass is 249 g/mol. The number of imide groups is 1. The molecule has 1 atom stereocenters. The summed E-state index contributed by atoms with van der Waals surface area (Å²) < 4.78 is 0. The highest BCUT2D eigenvalue weighted by molar-refractivity contribution is 6.21. The van der Waals surface area contributed by atoms with Crippen LogP contribution >= 0.6 is 0 Å². The maximum absolute atomic E-state index is 11.9. The highest BCUT2D eigenvalue weighted by Gasteiger charge is 2.40. The molecule has 2 amide bonds. The number of aromatic hydroxyl groups is 1. The number of hydrogen-bond acceptors (Lipinski definition) is 4. The van der Waals surface area contributed by atoms with Gasteiger partial charge < -0.3 is 10.2 Å². The highest BCUT2D eigenvalue weighted by Crippen LogP contribution is 2.29. The molecule has 1 aliphatic heterocycles. The van der Waals surface area contributed by atoms with Gasteiger partial charge in [-0.05, 0) is 24.3 Å². The molecule has 1 fully saturated rings. The number of hydrogen-bond donors (Lipinski definition) is 2. The Kier molecular flexibility index (Phi) is 3.01. The summed E-state index contributed by atoms with van der Waals surface area (Å²) in [4.78, 5) is 35.2. The molecule has 1 saturated heterocycles. The van der Waals surface area contributed by atoms with Gasteiger partial charge in [-0.3, -0.25) is 19.3 Å². The number of carboxylic acids is 1. The van der Waals surface area contributed by atoms with Gasteiger partial charge in [0, 0.05) is 6.42 Å². The van der Waals surface area contributed by atoms with Crippen molar-refractivity contribution in [1.82, 2.24) is 0 Å². The van der Waals surface area contributed by atoms with Crippen molar-refractivity contribution in [2.45, 2.75) is 12.8 Å². The Labute approximate surface area is 102 Å². The minimum Gasteiger partial charge on any atom is -0.508 e. The first-order valence-electron chi connectivity index (χ1n) is 5.36. The number of rotatable bonds is 3. The Morgan fingerprint density at radius 3 is 2.44 bits per heavy atom. The summed E-state index contributed by atoms with van der Waals surface area (Å²) >= 11 is 0. The van der Waals surface area contributed by atoms with Gasteiger partial charge in [0.1, 0.15) is 5.75 Å². The summed E-state index contributed by atoms with van der Waals surface area (Å²) in [7, 11) is 0. The number of aliphatic carboxylic acids is 1. The first-order valence-corrected chi connectivity index (χ1v) is 5.36. The minimum atomic E-state index is -1.10. The fourth-order valence-electron chi connectivity index (χ4n) is 1.94. The number of carbonyl (C=O) groups excluding carboxylic acids is 2. The Hall–Kier alpha value is -2.37. The molecule has 0 unspecified atom stereocenters. The van der Waals surface area contributed by atoms with Crippen molar-refractivity contribution in [2.24, 2.45) is 5.92 Å². The number of carboxylic acid groups (broad SMARTS) is 1. The van der Waals surface area contributed by atoms with E-state index in [9.17, 15) is 14.4 Å². The summed E-state index contributed by atoms with van der Waals surface area (Å²) in [6.45, 7) is 0. The average molecular weight is 249 g/mol. The summed E-state index contributed by atoms with van der Waals surface area (Å²) in [5.74, 6) is -2.80. The molecule has 1 heterocycles. The van der Waals surface area contributed by atoms with Gasteiger partial charge in [0.15, 0.2) is 0 Å². The fraction of sp³-hybridized carbons (Fsp3) is 0.250. The second kappa shape index (κ2) is 4.48. The quantitative estimate of drug-likeness (QED) is 0.770. The largest absolute Gasteiger partial charge is 0.508 e. The molecule has 1 aliphatic rings. The summed E-state index contributed by atoms with van der Waals surface area (Å²) in [6, 6.07) is 5.60. The highest BCUT2D eigenvalue weighted by atomic mass is 16.4. The molecular weight excluding hydrogens is 238 g/mol. The predicted octanol–water partition coefficient (Wildman–Crippen LogP) is 0.746. The molecule has 18 heavy (non-hydrogen) atoms. The van der Waals surface area contributed by atoms with Crippen LogP contribution in [0, 0.1) is 5.92 Å². The number of phenolic OH excluding ortho intramolecular Hbond substituents is 1. The molecule has 0 bridgehead atoms. The molecule has 2 N–H and O–H groups in total. The molecule has 0 saturated carbocycles. The third kappa shape index (κ3) is 2.17. The van der Waals surface area contributed by atoms with Crippen LogP contribution in [0.4, 0.5) is 5.69 Å². The van der Waals surface area contributed by atoms with Crippen LogP contribution in [0.3, 0.4) is 0 Å². The smallest absolute Gasteiger partial charge is 0.304 e. The van der Waals surface area contributed by atoms with E-state index < -0.39 is 23.7 Å². The topological polar surface area (TPSA) is 94.9 Å². The number of benzene rings is 1. The zero-order valence-electron chi connectivity index (χ0n) is 9.37. The van der Waals surface area contributed by atoms with Crippen molar-refractivity contribution in [3.05, 3.63) is 24.3 Å². The number of amides is 2. The summed E-state index contributed by atoms with van der Waals surface area (Å²) in [6.07, 6.45) is -0.439. The van der Waals surface area contributed by atoms with Gasteiger partial charge in [-0.15, -0.1) is 0 Å². The normalized spacial score (nSPS) is 19.3. The molecule has 6 nitrogen and oxygen atoms in total. The minimum absolute atomic E-state index is 0.0277. The van der Waals surface area contributed by atoms with E-state index in [0.717, 1.165) is 4.90 Å². The zero-order chi connectivity index (χ0) is 13.3. The van der Waals surface area contributed by atoms with Crippen LogP contribution in [0.1, 0.15) is 12.8 Å². The summed E-state index contributed by atoms with van der Waals surface area (Å²) in [5.41, 5.74) is 0.343. The van der Waals surface area contributed by atoms with Gasteiger partial charge in [-0.2, -0.15) is 0 Å². The van der Waals surface area contributed by atoms with Gasteiger partial charge in [-0.25, -0.2) is 0 Å². The van der Waals surface area contributed by atoms with Crippen LogP contribution in [0.2, 0.25) is 0 Å². The van der Waals surface area contributed by atoms with Crippen LogP contribution in [0.25, 0.3) is 0 Å². The van der Waals surface area contributed by atoms with E-state index in [1.807, 2.05) is 0 Å². The Balaban J connectivity index is 2.24. The lowest BCUT2D eigenvalue weighted by atomic mass is 10.0. The van der Waals surface area contributed by atoms with Crippen molar-refractivity contribution in [3.63, 3.8) is 0 Å². The summed E-state index contributed by atoms with van der Waals surface area (Å²) in [5, 5.41) is 17.8. The maximum atomic E-state index is 11.9. The van der Waals surface area contributed by atoms with Crippen LogP contribution in [-0.2, 0) is 14.4 Å². The SMILES string of the molecule is O=C(O)C[C@@H]1CC(=O)N(c2ccc(O)cc2)C1=O. The van der Waals surface area contributed by atoms with Crippen LogP contribution in [0.15, 0.2) is 24.3 Å². The van der Waals surface area contributed by atoms with E-state index >= 15 is 0 Å². The number of nitrogens with zero attached hydrogens (tertiary/aromatic N) is 1. The van der Waals surface area contributed by atoms with Gasteiger partial charge in [0.25, 0.3) is 0 Å². The Morgan fingerprint density at radius 2 is 1.89 bits per heavy atom. The number of anilines is 1. The van der Waals surface area contributed by atoms with E-state index in [-0.39, 0.29) is 18.6 Å². The molecule has 94 valence electrons. The van der Waals surface area contributed by atoms with Crippen LogP contribution in [-0.4, -0.2) is 28.0 Å². The first-order chi connectivity index (χ1) is 8.49. The average Bonchev–Trinajstić information content (AvgIpc) is 2.55. The molecule has 0 aromatic heterocycles. The lowest BCUT2D eigenvalue weighted by Gasteiger charge is -2.14. The van der Waals surface area contributed by atoms with Crippen molar-refractivity contribution < 1.29 is 24.6 Å². The van der Waals surface area contributed by atoms with Gasteiger partial charge >= 0.3 is 5.97 Å². The lowest BCUT2D eigenvalue weighted by molar-refractivity contribution is -0.140. The Morgan fingerprint density at radius 1 is 1.28 bits per heavy atom. The fourth-order valence-corrected chi connectivity index (χ4v) is 1.94. The van der Waals surface area contributed by atoms with Crippen LogP contribution < -0.4 is 4.90 Å². The van der Waals surface area contributed by atoms with E-state index in [4.69, 9.17) is 10.2 Å². The first kappa shape index (κ1) is 12.1. The van der Waals surface area contributed by atoms with Crippen molar-refractivity contribution in [3.8, 4) is 5.75 Å². The predicted molar refractivity (Wildman–Crippen MR) is 61.0 cm³/mol. The third-order valence-corrected chi connectivity index (χ3v) is 2.77. The molecule has 0 radical (unpaired) electrons. The van der Waals surface area contributed by atoms with Gasteiger partial charge in [0.05, 0.1) is 18.0 Å². The number of phenols is 1. The van der Waals surface area contributed by atoms with Gasteiger partial charge in [-0.1, -0.05) is 0 Å². The van der Waals surface area contributed by atoms with Crippen molar-refractivity contribution in [1.29, 1.82) is 0 Å². The lowest BCUT2D eigenvalue weighted by Crippen LogP contribution is -2.30. The standard InChI is InChI=1S/C12H11NO5/c14-9-3-1-8(2-4-9)13-10(15)5-7(12(13)18)6-11(16)17/h1-4,7,14H,5-6H2,(H,16,17)/t7-/m0/s1. The van der Waals surface area contributed by atoms with E-state index in [1.54, 1.807) is 0 Å². The molecule has 0 spiro atoms. The molecule has 2 rings (SSSR count). The Bertz CT molecular complexity index is 508. The molecule has 0 aliphatic carbocycles.